The summed E-state index contributed by atoms with van der Waals surface area (Å²) in [5, 5.41) is 6.16. The standard InChI is InChI=1S/C13H19F2N3O.HI/c1-9(2)18-13(16-3)17-6-7-19-10-4-5-11(14)12(15)8-10;/h4-5,8-9H,6-7H2,1-3H3,(H2,16,17,18);1H. The third-order valence-electron chi connectivity index (χ3n) is 2.20. The van der Waals surface area contributed by atoms with Crippen molar-refractivity contribution in [1.82, 2.24) is 10.6 Å². The molecular formula is C13H20F2IN3O. The molecule has 0 aliphatic heterocycles. The van der Waals surface area contributed by atoms with Crippen LogP contribution >= 0.6 is 24.0 Å². The molecule has 0 saturated heterocycles. The van der Waals surface area contributed by atoms with Crippen molar-refractivity contribution in [3.63, 3.8) is 0 Å². The number of hydrogen-bond acceptors (Lipinski definition) is 2. The summed E-state index contributed by atoms with van der Waals surface area (Å²) in [5.41, 5.74) is 0. The fraction of sp³-hybridized carbons (Fsp3) is 0.462. The molecule has 0 aromatic heterocycles. The highest BCUT2D eigenvalue weighted by Crippen LogP contribution is 2.14. The van der Waals surface area contributed by atoms with Crippen LogP contribution in [0, 0.1) is 11.6 Å². The fourth-order valence-corrected chi connectivity index (χ4v) is 1.37. The zero-order valence-corrected chi connectivity index (χ0v) is 14.1. The minimum Gasteiger partial charge on any atom is -0.492 e. The number of ether oxygens (including phenoxy) is 1. The normalized spacial score (nSPS) is 11.0. The molecule has 0 unspecified atom stereocenters. The van der Waals surface area contributed by atoms with E-state index in [0.717, 1.165) is 12.1 Å². The molecule has 4 nitrogen and oxygen atoms in total. The smallest absolute Gasteiger partial charge is 0.191 e. The lowest BCUT2D eigenvalue weighted by molar-refractivity contribution is 0.318. The molecule has 1 aromatic rings. The molecule has 0 spiro atoms. The van der Waals surface area contributed by atoms with Gasteiger partial charge >= 0.3 is 0 Å². The van der Waals surface area contributed by atoms with Crippen LogP contribution in [0.3, 0.4) is 0 Å². The van der Waals surface area contributed by atoms with Crippen LogP contribution in [0.4, 0.5) is 8.78 Å². The Bertz CT molecular complexity index is 442. The van der Waals surface area contributed by atoms with Gasteiger partial charge in [0, 0.05) is 19.2 Å². The number of nitrogens with zero attached hydrogens (tertiary/aromatic N) is 1. The van der Waals surface area contributed by atoms with E-state index in [9.17, 15) is 8.78 Å². The molecule has 2 N–H and O–H groups in total. The van der Waals surface area contributed by atoms with Crippen LogP contribution in [-0.2, 0) is 0 Å². The Labute approximate surface area is 135 Å². The predicted molar refractivity (Wildman–Crippen MR) is 86.9 cm³/mol. The summed E-state index contributed by atoms with van der Waals surface area (Å²) < 4.78 is 30.9. The van der Waals surface area contributed by atoms with Crippen LogP contribution in [0.5, 0.6) is 5.75 Å². The van der Waals surface area contributed by atoms with E-state index >= 15 is 0 Å². The van der Waals surface area contributed by atoms with Crippen molar-refractivity contribution in [2.45, 2.75) is 19.9 Å². The maximum absolute atomic E-state index is 12.9. The lowest BCUT2D eigenvalue weighted by Gasteiger charge is -2.14. The molecule has 1 aromatic carbocycles. The van der Waals surface area contributed by atoms with Gasteiger partial charge in [-0.05, 0) is 26.0 Å². The monoisotopic (exact) mass is 399 g/mol. The summed E-state index contributed by atoms with van der Waals surface area (Å²) in [4.78, 5) is 4.03. The molecule has 0 aliphatic rings. The van der Waals surface area contributed by atoms with Gasteiger partial charge in [0.15, 0.2) is 17.6 Å². The number of aliphatic imine (C=N–C) groups is 1. The Hall–Kier alpha value is -1.12. The molecule has 0 fully saturated rings. The van der Waals surface area contributed by atoms with Gasteiger partial charge in [0.1, 0.15) is 12.4 Å². The molecular weight excluding hydrogens is 379 g/mol. The molecule has 0 saturated carbocycles. The van der Waals surface area contributed by atoms with Gasteiger partial charge in [-0.2, -0.15) is 0 Å². The first-order valence-electron chi connectivity index (χ1n) is 6.08. The molecule has 0 atom stereocenters. The molecule has 0 heterocycles. The number of halogens is 3. The lowest BCUT2D eigenvalue weighted by Crippen LogP contribution is -2.42. The van der Waals surface area contributed by atoms with Crippen molar-refractivity contribution in [2.75, 3.05) is 20.2 Å². The Balaban J connectivity index is 0.00000361. The highest BCUT2D eigenvalue weighted by molar-refractivity contribution is 14.0. The number of benzene rings is 1. The summed E-state index contributed by atoms with van der Waals surface area (Å²) in [7, 11) is 1.67. The topological polar surface area (TPSA) is 45.7 Å². The van der Waals surface area contributed by atoms with E-state index in [2.05, 4.69) is 15.6 Å². The molecule has 20 heavy (non-hydrogen) atoms. The highest BCUT2D eigenvalue weighted by Gasteiger charge is 2.03. The number of guanidine groups is 1. The van der Waals surface area contributed by atoms with Crippen molar-refractivity contribution in [3.8, 4) is 5.75 Å². The highest BCUT2D eigenvalue weighted by atomic mass is 127. The van der Waals surface area contributed by atoms with E-state index in [0.29, 0.717) is 24.9 Å². The zero-order chi connectivity index (χ0) is 14.3. The van der Waals surface area contributed by atoms with Crippen LogP contribution in [0.25, 0.3) is 0 Å². The Kier molecular flexibility index (Phi) is 9.19. The van der Waals surface area contributed by atoms with Crippen LogP contribution in [0.2, 0.25) is 0 Å². The Morgan fingerprint density at radius 1 is 1.30 bits per heavy atom. The average Bonchev–Trinajstić information content (AvgIpc) is 2.36. The van der Waals surface area contributed by atoms with Gasteiger partial charge in [0.25, 0.3) is 0 Å². The van der Waals surface area contributed by atoms with Crippen molar-refractivity contribution in [1.29, 1.82) is 0 Å². The largest absolute Gasteiger partial charge is 0.492 e. The minimum absolute atomic E-state index is 0. The van der Waals surface area contributed by atoms with Gasteiger partial charge in [0.05, 0.1) is 6.54 Å². The molecule has 114 valence electrons. The first kappa shape index (κ1) is 18.9. The van der Waals surface area contributed by atoms with E-state index in [1.807, 2.05) is 13.8 Å². The number of nitrogens with one attached hydrogen (secondary N) is 2. The second-order valence-electron chi connectivity index (χ2n) is 4.22. The SMILES string of the molecule is CN=C(NCCOc1ccc(F)c(F)c1)NC(C)C.I. The van der Waals surface area contributed by atoms with Gasteiger partial charge in [-0.3, -0.25) is 4.99 Å². The van der Waals surface area contributed by atoms with Gasteiger partial charge in [-0.15, -0.1) is 24.0 Å². The Morgan fingerprint density at radius 2 is 2.00 bits per heavy atom. The second-order valence-corrected chi connectivity index (χ2v) is 4.22. The third kappa shape index (κ3) is 6.88. The fourth-order valence-electron chi connectivity index (χ4n) is 1.37. The maximum atomic E-state index is 12.9. The van der Waals surface area contributed by atoms with Crippen molar-refractivity contribution >= 4 is 29.9 Å². The summed E-state index contributed by atoms with van der Waals surface area (Å²) in [5.74, 6) is -0.828. The minimum atomic E-state index is -0.914. The summed E-state index contributed by atoms with van der Waals surface area (Å²) in [6, 6.07) is 3.73. The van der Waals surface area contributed by atoms with E-state index in [-0.39, 0.29) is 30.0 Å². The first-order chi connectivity index (χ1) is 9.02. The van der Waals surface area contributed by atoms with E-state index in [1.54, 1.807) is 7.05 Å². The van der Waals surface area contributed by atoms with Gasteiger partial charge < -0.3 is 15.4 Å². The zero-order valence-electron chi connectivity index (χ0n) is 11.7. The van der Waals surface area contributed by atoms with Crippen molar-refractivity contribution in [2.24, 2.45) is 4.99 Å². The van der Waals surface area contributed by atoms with Crippen molar-refractivity contribution in [3.05, 3.63) is 29.8 Å². The van der Waals surface area contributed by atoms with Gasteiger partial charge in [-0.25, -0.2) is 8.78 Å². The van der Waals surface area contributed by atoms with E-state index < -0.39 is 11.6 Å². The van der Waals surface area contributed by atoms with Crippen molar-refractivity contribution < 1.29 is 13.5 Å². The predicted octanol–water partition coefficient (Wildman–Crippen LogP) is 2.54. The van der Waals surface area contributed by atoms with Crippen LogP contribution in [0.15, 0.2) is 23.2 Å². The summed E-state index contributed by atoms with van der Waals surface area (Å²) >= 11 is 0. The molecule has 7 heteroatoms. The first-order valence-corrected chi connectivity index (χ1v) is 6.08. The van der Waals surface area contributed by atoms with Crippen LogP contribution < -0.4 is 15.4 Å². The van der Waals surface area contributed by atoms with Gasteiger partial charge in [-0.1, -0.05) is 0 Å². The van der Waals surface area contributed by atoms with Crippen LogP contribution in [0.1, 0.15) is 13.8 Å². The lowest BCUT2D eigenvalue weighted by atomic mass is 10.3. The average molecular weight is 399 g/mol. The number of hydrogen-bond donors (Lipinski definition) is 2. The van der Waals surface area contributed by atoms with E-state index in [4.69, 9.17) is 4.74 Å². The molecule has 0 aliphatic carbocycles. The molecule has 0 radical (unpaired) electrons. The maximum Gasteiger partial charge on any atom is 0.191 e. The van der Waals surface area contributed by atoms with E-state index in [1.165, 1.54) is 6.07 Å². The molecule has 0 bridgehead atoms. The quantitative estimate of drug-likeness (QED) is 0.346. The summed E-state index contributed by atoms with van der Waals surface area (Å²) in [6.45, 7) is 4.84. The summed E-state index contributed by atoms with van der Waals surface area (Å²) in [6.07, 6.45) is 0. The molecule has 1 rings (SSSR count). The van der Waals surface area contributed by atoms with Gasteiger partial charge in [0.2, 0.25) is 0 Å². The molecule has 0 amide bonds. The van der Waals surface area contributed by atoms with Crippen LogP contribution in [-0.4, -0.2) is 32.2 Å². The number of rotatable bonds is 5. The Morgan fingerprint density at radius 3 is 2.55 bits per heavy atom. The third-order valence-corrected chi connectivity index (χ3v) is 2.20. The second kappa shape index (κ2) is 9.73.